The molecule has 0 aromatic heterocycles. The number of amides is 2. The van der Waals surface area contributed by atoms with Crippen LogP contribution in [0.1, 0.15) is 58.1 Å². The van der Waals surface area contributed by atoms with Crippen LogP contribution < -0.4 is 10.6 Å². The molecule has 0 radical (unpaired) electrons. The van der Waals surface area contributed by atoms with E-state index < -0.39 is 0 Å². The van der Waals surface area contributed by atoms with Crippen molar-refractivity contribution in [2.24, 2.45) is 5.92 Å². The molecule has 3 rings (SSSR count). The van der Waals surface area contributed by atoms with Crippen LogP contribution in [0, 0.1) is 5.92 Å². The number of carbonyl (C=O) groups is 2. The maximum atomic E-state index is 12.8. The van der Waals surface area contributed by atoms with E-state index in [1.807, 2.05) is 25.1 Å². The smallest absolute Gasteiger partial charge is 0.234 e. The Morgan fingerprint density at radius 2 is 1.90 bits per heavy atom. The molecule has 3 unspecified atom stereocenters. The fraction of sp³-hybridized carbons (Fsp3) is 0.520. The first kappa shape index (κ1) is 22.3. The lowest BCUT2D eigenvalue weighted by Crippen LogP contribution is -2.50. The van der Waals surface area contributed by atoms with E-state index in [2.05, 4.69) is 53.6 Å². The van der Waals surface area contributed by atoms with Gasteiger partial charge in [-0.05, 0) is 49.4 Å². The average molecular weight is 410 g/mol. The summed E-state index contributed by atoms with van der Waals surface area (Å²) in [4.78, 5) is 27.4. The molecule has 0 bridgehead atoms. The number of fused-ring (bicyclic) bond motifs is 1. The van der Waals surface area contributed by atoms with Crippen molar-refractivity contribution in [3.63, 3.8) is 0 Å². The summed E-state index contributed by atoms with van der Waals surface area (Å²) in [5.74, 6) is 0.112. The van der Waals surface area contributed by atoms with Crippen LogP contribution in [-0.2, 0) is 9.59 Å². The largest absolute Gasteiger partial charge is 0.356 e. The number of benzene rings is 2. The maximum absolute atomic E-state index is 12.8. The van der Waals surface area contributed by atoms with Gasteiger partial charge in [0.25, 0.3) is 0 Å². The standard InChI is InChI=1S/C25H35N3O2/c1-4-5-15-26-25(30)21-14-13-18(2)28(16-21)17-24(29)27-19(3)22-12-8-10-20-9-6-7-11-23(20)22/h6-12,18-19,21H,4-5,13-17H2,1-3H3,(H,26,30)(H,27,29). The first-order valence-electron chi connectivity index (χ1n) is 11.3. The van der Waals surface area contributed by atoms with Crippen molar-refractivity contribution in [2.75, 3.05) is 19.6 Å². The van der Waals surface area contributed by atoms with Crippen molar-refractivity contribution in [2.45, 2.75) is 58.5 Å². The number of carbonyl (C=O) groups excluding carboxylic acids is 2. The molecule has 2 aromatic rings. The highest BCUT2D eigenvalue weighted by Gasteiger charge is 2.31. The van der Waals surface area contributed by atoms with Crippen LogP contribution in [0.2, 0.25) is 0 Å². The molecule has 0 aliphatic carbocycles. The second-order valence-corrected chi connectivity index (χ2v) is 8.55. The molecule has 2 N–H and O–H groups in total. The van der Waals surface area contributed by atoms with Gasteiger partial charge in [-0.3, -0.25) is 14.5 Å². The highest BCUT2D eigenvalue weighted by atomic mass is 16.2. The first-order valence-corrected chi connectivity index (χ1v) is 11.3. The minimum absolute atomic E-state index is 0.00863. The van der Waals surface area contributed by atoms with Crippen molar-refractivity contribution in [1.82, 2.24) is 15.5 Å². The van der Waals surface area contributed by atoms with Gasteiger partial charge in [-0.1, -0.05) is 55.8 Å². The van der Waals surface area contributed by atoms with E-state index >= 15 is 0 Å². The number of rotatable bonds is 8. The number of piperidine rings is 1. The van der Waals surface area contributed by atoms with Crippen molar-refractivity contribution in [1.29, 1.82) is 0 Å². The third kappa shape index (κ3) is 5.60. The third-order valence-corrected chi connectivity index (χ3v) is 6.23. The minimum Gasteiger partial charge on any atom is -0.356 e. The molecule has 1 fully saturated rings. The van der Waals surface area contributed by atoms with Gasteiger partial charge >= 0.3 is 0 Å². The van der Waals surface area contributed by atoms with E-state index in [1.165, 1.54) is 10.8 Å². The van der Waals surface area contributed by atoms with Gasteiger partial charge in [0.15, 0.2) is 0 Å². The molecule has 1 heterocycles. The van der Waals surface area contributed by atoms with Gasteiger partial charge in [-0.25, -0.2) is 0 Å². The second-order valence-electron chi connectivity index (χ2n) is 8.55. The molecule has 2 aromatic carbocycles. The highest BCUT2D eigenvalue weighted by molar-refractivity contribution is 5.87. The Morgan fingerprint density at radius 3 is 2.70 bits per heavy atom. The molecule has 2 amide bonds. The quantitative estimate of drug-likeness (QED) is 0.647. The normalized spacial score (nSPS) is 20.6. The zero-order chi connectivity index (χ0) is 21.5. The number of likely N-dealkylation sites (tertiary alicyclic amines) is 1. The summed E-state index contributed by atoms with van der Waals surface area (Å²) in [6.45, 7) is 8.01. The molecular weight excluding hydrogens is 374 g/mol. The third-order valence-electron chi connectivity index (χ3n) is 6.23. The number of unbranched alkanes of at least 4 members (excludes halogenated alkanes) is 1. The van der Waals surface area contributed by atoms with Crippen molar-refractivity contribution in [3.05, 3.63) is 48.0 Å². The fourth-order valence-corrected chi connectivity index (χ4v) is 4.32. The fourth-order valence-electron chi connectivity index (χ4n) is 4.32. The monoisotopic (exact) mass is 409 g/mol. The Balaban J connectivity index is 1.58. The molecule has 30 heavy (non-hydrogen) atoms. The molecule has 0 spiro atoms. The Morgan fingerprint density at radius 1 is 1.13 bits per heavy atom. The zero-order valence-electron chi connectivity index (χ0n) is 18.5. The van der Waals surface area contributed by atoms with Crippen LogP contribution in [0.15, 0.2) is 42.5 Å². The highest BCUT2D eigenvalue weighted by Crippen LogP contribution is 2.25. The number of hydrogen-bond acceptors (Lipinski definition) is 3. The van der Waals surface area contributed by atoms with E-state index in [-0.39, 0.29) is 23.8 Å². The Kier molecular flexibility index (Phi) is 7.86. The summed E-state index contributed by atoms with van der Waals surface area (Å²) in [5, 5.41) is 8.56. The number of nitrogens with zero attached hydrogens (tertiary/aromatic N) is 1. The summed E-state index contributed by atoms with van der Waals surface area (Å²) in [7, 11) is 0. The van der Waals surface area contributed by atoms with Crippen LogP contribution >= 0.6 is 0 Å². The molecule has 5 nitrogen and oxygen atoms in total. The van der Waals surface area contributed by atoms with Crippen LogP contribution in [0.3, 0.4) is 0 Å². The van der Waals surface area contributed by atoms with Crippen molar-refractivity contribution < 1.29 is 9.59 Å². The predicted molar refractivity (Wildman–Crippen MR) is 122 cm³/mol. The van der Waals surface area contributed by atoms with E-state index in [0.717, 1.165) is 37.8 Å². The molecule has 0 saturated carbocycles. The second kappa shape index (κ2) is 10.6. The molecule has 5 heteroatoms. The van der Waals surface area contributed by atoms with Gasteiger partial charge in [0.1, 0.15) is 0 Å². The van der Waals surface area contributed by atoms with E-state index in [9.17, 15) is 9.59 Å². The lowest BCUT2D eigenvalue weighted by atomic mass is 9.92. The first-order chi connectivity index (χ1) is 14.5. The molecule has 1 aliphatic heterocycles. The SMILES string of the molecule is CCCCNC(=O)C1CCC(C)N(CC(=O)NC(C)c2cccc3ccccc23)C1. The zero-order valence-corrected chi connectivity index (χ0v) is 18.5. The lowest BCUT2D eigenvalue weighted by Gasteiger charge is -2.37. The van der Waals surface area contributed by atoms with Gasteiger partial charge in [0, 0.05) is 19.1 Å². The Labute approximate surface area is 180 Å². The topological polar surface area (TPSA) is 61.4 Å². The summed E-state index contributed by atoms with van der Waals surface area (Å²) >= 11 is 0. The van der Waals surface area contributed by atoms with Gasteiger partial charge < -0.3 is 10.6 Å². The molecule has 1 aliphatic rings. The van der Waals surface area contributed by atoms with E-state index in [1.54, 1.807) is 0 Å². The minimum atomic E-state index is -0.0724. The maximum Gasteiger partial charge on any atom is 0.234 e. The number of nitrogens with one attached hydrogen (secondary N) is 2. The summed E-state index contributed by atoms with van der Waals surface area (Å²) in [5.41, 5.74) is 1.13. The molecule has 3 atom stereocenters. The van der Waals surface area contributed by atoms with Gasteiger partial charge in [0.2, 0.25) is 11.8 Å². The molecule has 1 saturated heterocycles. The Hall–Kier alpha value is -2.40. The van der Waals surface area contributed by atoms with Crippen molar-refractivity contribution in [3.8, 4) is 0 Å². The van der Waals surface area contributed by atoms with E-state index in [0.29, 0.717) is 19.1 Å². The Bertz CT molecular complexity index is 861. The molecule has 162 valence electrons. The van der Waals surface area contributed by atoms with E-state index in [4.69, 9.17) is 0 Å². The number of hydrogen-bond donors (Lipinski definition) is 2. The van der Waals surface area contributed by atoms with Gasteiger partial charge in [-0.2, -0.15) is 0 Å². The summed E-state index contributed by atoms with van der Waals surface area (Å²) in [6, 6.07) is 14.7. The van der Waals surface area contributed by atoms with Crippen LogP contribution in [-0.4, -0.2) is 42.4 Å². The van der Waals surface area contributed by atoms with Crippen LogP contribution in [0.5, 0.6) is 0 Å². The van der Waals surface area contributed by atoms with Gasteiger partial charge in [-0.15, -0.1) is 0 Å². The van der Waals surface area contributed by atoms with Crippen molar-refractivity contribution >= 4 is 22.6 Å². The van der Waals surface area contributed by atoms with Gasteiger partial charge in [0.05, 0.1) is 18.5 Å². The lowest BCUT2D eigenvalue weighted by molar-refractivity contribution is -0.130. The molecular formula is C25H35N3O2. The average Bonchev–Trinajstić information content (AvgIpc) is 2.74. The summed E-state index contributed by atoms with van der Waals surface area (Å²) < 4.78 is 0. The predicted octanol–water partition coefficient (Wildman–Crippen LogP) is 4.03. The van der Waals surface area contributed by atoms with Crippen LogP contribution in [0.4, 0.5) is 0 Å². The van der Waals surface area contributed by atoms with Crippen LogP contribution in [0.25, 0.3) is 10.8 Å². The summed E-state index contributed by atoms with van der Waals surface area (Å²) in [6.07, 6.45) is 3.91.